The van der Waals surface area contributed by atoms with E-state index >= 15 is 0 Å². The third-order valence-electron chi connectivity index (χ3n) is 5.01. The first-order chi connectivity index (χ1) is 12.6. The molecule has 2 aromatic heterocycles. The van der Waals surface area contributed by atoms with E-state index < -0.39 is 0 Å². The Bertz CT molecular complexity index is 904. The van der Waals surface area contributed by atoms with E-state index in [-0.39, 0.29) is 0 Å². The molecule has 1 aliphatic heterocycles. The van der Waals surface area contributed by atoms with Crippen LogP contribution in [0, 0.1) is 6.92 Å². The molecule has 3 aromatic rings. The summed E-state index contributed by atoms with van der Waals surface area (Å²) in [6.45, 7) is 6.67. The highest BCUT2D eigenvalue weighted by Gasteiger charge is 2.23. The summed E-state index contributed by atoms with van der Waals surface area (Å²) in [5.41, 5.74) is 5.88. The summed E-state index contributed by atoms with van der Waals surface area (Å²) < 4.78 is 8.05. The third kappa shape index (κ3) is 3.35. The Hall–Kier alpha value is -2.66. The van der Waals surface area contributed by atoms with Gasteiger partial charge in [0.1, 0.15) is 12.4 Å². The highest BCUT2D eigenvalue weighted by molar-refractivity contribution is 5.65. The van der Waals surface area contributed by atoms with Gasteiger partial charge in [0.15, 0.2) is 0 Å². The van der Waals surface area contributed by atoms with Crippen LogP contribution in [0.5, 0.6) is 5.75 Å². The van der Waals surface area contributed by atoms with Gasteiger partial charge in [-0.25, -0.2) is 0 Å². The number of ether oxygens (including phenoxy) is 1. The average molecular weight is 348 g/mol. The van der Waals surface area contributed by atoms with Crippen molar-refractivity contribution in [3.8, 4) is 16.9 Å². The molecule has 0 saturated heterocycles. The molecule has 0 saturated carbocycles. The van der Waals surface area contributed by atoms with Crippen molar-refractivity contribution in [2.45, 2.75) is 33.0 Å². The van der Waals surface area contributed by atoms with Crippen LogP contribution in [-0.4, -0.2) is 32.3 Å². The molecule has 1 aliphatic rings. The molecular formula is C21H24N4O. The largest absolute Gasteiger partial charge is 0.492 e. The van der Waals surface area contributed by atoms with Crippen LogP contribution in [0.4, 0.5) is 0 Å². The first-order valence-electron chi connectivity index (χ1n) is 9.00. The third-order valence-corrected chi connectivity index (χ3v) is 5.01. The molecule has 0 N–H and O–H groups in total. The van der Waals surface area contributed by atoms with Crippen LogP contribution in [0.25, 0.3) is 11.1 Å². The Morgan fingerprint density at radius 2 is 1.92 bits per heavy atom. The van der Waals surface area contributed by atoms with Gasteiger partial charge in [0.05, 0.1) is 11.4 Å². The summed E-state index contributed by atoms with van der Waals surface area (Å²) in [6, 6.07) is 13.0. The second-order valence-corrected chi connectivity index (χ2v) is 7.02. The fraction of sp³-hybridized carbons (Fsp3) is 0.333. The van der Waals surface area contributed by atoms with Crippen molar-refractivity contribution in [2.75, 3.05) is 6.61 Å². The first kappa shape index (κ1) is 16.8. The Morgan fingerprint density at radius 3 is 2.65 bits per heavy atom. The Morgan fingerprint density at radius 1 is 1.12 bits per heavy atom. The molecule has 1 atom stereocenters. The molecule has 26 heavy (non-hydrogen) atoms. The molecule has 0 radical (unpaired) electrons. The van der Waals surface area contributed by atoms with Gasteiger partial charge in [0.2, 0.25) is 0 Å². The second kappa shape index (κ2) is 6.92. The van der Waals surface area contributed by atoms with Gasteiger partial charge in [-0.05, 0) is 55.3 Å². The molecule has 0 bridgehead atoms. The van der Waals surface area contributed by atoms with E-state index in [1.54, 1.807) is 0 Å². The van der Waals surface area contributed by atoms with Crippen LogP contribution in [-0.2, 0) is 20.1 Å². The molecule has 3 heterocycles. The Kier molecular flexibility index (Phi) is 4.47. The number of pyridine rings is 1. The summed E-state index contributed by atoms with van der Waals surface area (Å²) in [7, 11) is 2.01. The number of fused-ring (bicyclic) bond motifs is 1. The molecule has 0 spiro atoms. The minimum atomic E-state index is 0.335. The van der Waals surface area contributed by atoms with Crippen molar-refractivity contribution in [2.24, 2.45) is 7.05 Å². The van der Waals surface area contributed by atoms with Crippen LogP contribution in [0.3, 0.4) is 0 Å². The molecule has 134 valence electrons. The van der Waals surface area contributed by atoms with Crippen molar-refractivity contribution >= 4 is 0 Å². The standard InChI is InChI=1S/C21H24N4O/c1-15-10-20(24(3)23-15)13-25-12-19-11-18(17-6-8-22-9-7-17)4-5-21(19)26-14-16(25)2/h4-11,16H,12-14H2,1-3H3. The monoisotopic (exact) mass is 348 g/mol. The lowest BCUT2D eigenvalue weighted by Crippen LogP contribution is -2.35. The van der Waals surface area contributed by atoms with E-state index in [4.69, 9.17) is 4.74 Å². The van der Waals surface area contributed by atoms with Crippen LogP contribution in [0.1, 0.15) is 23.9 Å². The van der Waals surface area contributed by atoms with Gasteiger partial charge in [0.25, 0.3) is 0 Å². The molecule has 0 aliphatic carbocycles. The fourth-order valence-corrected chi connectivity index (χ4v) is 3.49. The van der Waals surface area contributed by atoms with Crippen LogP contribution in [0.2, 0.25) is 0 Å². The Labute approximate surface area is 154 Å². The van der Waals surface area contributed by atoms with Crippen molar-refractivity contribution in [1.82, 2.24) is 19.7 Å². The zero-order valence-corrected chi connectivity index (χ0v) is 15.5. The minimum Gasteiger partial charge on any atom is -0.492 e. The van der Waals surface area contributed by atoms with Gasteiger partial charge >= 0.3 is 0 Å². The van der Waals surface area contributed by atoms with E-state index in [0.717, 1.165) is 24.5 Å². The van der Waals surface area contributed by atoms with Crippen molar-refractivity contribution in [3.63, 3.8) is 0 Å². The molecule has 0 fully saturated rings. The van der Waals surface area contributed by atoms with Gasteiger partial charge in [-0.15, -0.1) is 0 Å². The van der Waals surface area contributed by atoms with Crippen LogP contribution >= 0.6 is 0 Å². The van der Waals surface area contributed by atoms with E-state index in [9.17, 15) is 0 Å². The number of nitrogens with zero attached hydrogens (tertiary/aromatic N) is 4. The van der Waals surface area contributed by atoms with Gasteiger partial charge in [0, 0.05) is 44.1 Å². The molecular weight excluding hydrogens is 324 g/mol. The smallest absolute Gasteiger partial charge is 0.123 e. The van der Waals surface area contributed by atoms with Crippen molar-refractivity contribution < 1.29 is 4.74 Å². The number of hydrogen-bond donors (Lipinski definition) is 0. The van der Waals surface area contributed by atoms with E-state index in [1.165, 1.54) is 22.4 Å². The van der Waals surface area contributed by atoms with E-state index in [2.05, 4.69) is 46.2 Å². The molecule has 0 amide bonds. The zero-order chi connectivity index (χ0) is 18.1. The summed E-state index contributed by atoms with van der Waals surface area (Å²) in [5.74, 6) is 0.985. The summed E-state index contributed by atoms with van der Waals surface area (Å²) >= 11 is 0. The number of aryl methyl sites for hydroxylation is 2. The topological polar surface area (TPSA) is 43.2 Å². The quantitative estimate of drug-likeness (QED) is 0.726. The number of rotatable bonds is 3. The number of hydrogen-bond acceptors (Lipinski definition) is 4. The number of aromatic nitrogens is 3. The van der Waals surface area contributed by atoms with Crippen molar-refractivity contribution in [3.05, 3.63) is 65.7 Å². The summed E-state index contributed by atoms with van der Waals surface area (Å²) in [4.78, 5) is 6.57. The first-order valence-corrected chi connectivity index (χ1v) is 9.00. The molecule has 5 heteroatoms. The normalized spacial score (nSPS) is 17.4. The van der Waals surface area contributed by atoms with Crippen LogP contribution in [0.15, 0.2) is 48.8 Å². The zero-order valence-electron chi connectivity index (χ0n) is 15.5. The molecule has 1 unspecified atom stereocenters. The lowest BCUT2D eigenvalue weighted by Gasteiger charge is -2.26. The summed E-state index contributed by atoms with van der Waals surface area (Å²) in [6.07, 6.45) is 3.66. The van der Waals surface area contributed by atoms with Crippen molar-refractivity contribution in [1.29, 1.82) is 0 Å². The maximum atomic E-state index is 6.08. The van der Waals surface area contributed by atoms with Gasteiger partial charge in [-0.3, -0.25) is 14.6 Å². The number of benzene rings is 1. The minimum absolute atomic E-state index is 0.335. The predicted molar refractivity (Wildman–Crippen MR) is 102 cm³/mol. The lowest BCUT2D eigenvalue weighted by atomic mass is 10.0. The SMILES string of the molecule is Cc1cc(CN2Cc3cc(-c4ccncc4)ccc3OCC2C)n(C)n1. The highest BCUT2D eigenvalue weighted by atomic mass is 16.5. The van der Waals surface area contributed by atoms with Gasteiger partial charge in [-0.2, -0.15) is 5.10 Å². The maximum Gasteiger partial charge on any atom is 0.123 e. The van der Waals surface area contributed by atoms with Gasteiger partial charge in [-0.1, -0.05) is 6.07 Å². The highest BCUT2D eigenvalue weighted by Crippen LogP contribution is 2.30. The van der Waals surface area contributed by atoms with Crippen LogP contribution < -0.4 is 4.74 Å². The molecule has 5 nitrogen and oxygen atoms in total. The van der Waals surface area contributed by atoms with E-state index in [0.29, 0.717) is 12.6 Å². The molecule has 1 aromatic carbocycles. The molecule has 4 rings (SSSR count). The maximum absolute atomic E-state index is 6.08. The summed E-state index contributed by atoms with van der Waals surface area (Å²) in [5, 5.41) is 4.48. The lowest BCUT2D eigenvalue weighted by molar-refractivity contribution is 0.148. The van der Waals surface area contributed by atoms with E-state index in [1.807, 2.05) is 43.2 Å². The predicted octanol–water partition coefficient (Wildman–Crippen LogP) is 3.57. The second-order valence-electron chi connectivity index (χ2n) is 7.02. The average Bonchev–Trinajstić information content (AvgIpc) is 2.88. The van der Waals surface area contributed by atoms with Gasteiger partial charge < -0.3 is 4.74 Å². The fourth-order valence-electron chi connectivity index (χ4n) is 3.49. The Balaban J connectivity index is 1.63.